The minimum atomic E-state index is 0.0464. The Balaban J connectivity index is 1.74. The molecule has 2 fully saturated rings. The van der Waals surface area contributed by atoms with Gasteiger partial charge in [-0.25, -0.2) is 0 Å². The summed E-state index contributed by atoms with van der Waals surface area (Å²) < 4.78 is 0. The van der Waals surface area contributed by atoms with Crippen molar-refractivity contribution in [2.45, 2.75) is 51.9 Å². The van der Waals surface area contributed by atoms with Crippen LogP contribution in [0.25, 0.3) is 0 Å². The fraction of sp³-hybridized carbons (Fsp3) is 0.857. The van der Waals surface area contributed by atoms with Crippen LogP contribution in [0.1, 0.15) is 51.9 Å². The highest BCUT2D eigenvalue weighted by atomic mass is 16.2. The molecule has 2 aliphatic rings. The van der Waals surface area contributed by atoms with Crippen molar-refractivity contribution >= 4 is 11.7 Å². The molecular weight excluding hydrogens is 214 g/mol. The van der Waals surface area contributed by atoms with Crippen molar-refractivity contribution in [2.24, 2.45) is 11.8 Å². The molecule has 1 aliphatic heterocycles. The van der Waals surface area contributed by atoms with E-state index in [4.69, 9.17) is 0 Å². The molecule has 1 aliphatic carbocycles. The van der Waals surface area contributed by atoms with Crippen LogP contribution in [0.2, 0.25) is 0 Å². The number of likely N-dealkylation sites (tertiary alicyclic amines) is 1. The van der Waals surface area contributed by atoms with Crippen molar-refractivity contribution in [3.8, 4) is 0 Å². The third-order valence-electron chi connectivity index (χ3n) is 4.21. The summed E-state index contributed by atoms with van der Waals surface area (Å²) in [4.78, 5) is 24.7. The summed E-state index contributed by atoms with van der Waals surface area (Å²) in [7, 11) is 0. The van der Waals surface area contributed by atoms with Gasteiger partial charge in [0.05, 0.1) is 6.42 Å². The SMILES string of the molecule is CC1CCCC(CCN2CCC(=O)CC2=O)C1. The van der Waals surface area contributed by atoms with Gasteiger partial charge in [0.25, 0.3) is 0 Å². The number of carbonyl (C=O) groups excluding carboxylic acids is 2. The minimum Gasteiger partial charge on any atom is -0.342 e. The average Bonchev–Trinajstić information content (AvgIpc) is 2.28. The van der Waals surface area contributed by atoms with Gasteiger partial charge in [-0.3, -0.25) is 9.59 Å². The Morgan fingerprint density at radius 1 is 1.29 bits per heavy atom. The molecule has 0 aromatic heterocycles. The van der Waals surface area contributed by atoms with Gasteiger partial charge >= 0.3 is 0 Å². The Kier molecular flexibility index (Phi) is 4.19. The van der Waals surface area contributed by atoms with Gasteiger partial charge in [-0.05, 0) is 24.7 Å². The zero-order valence-corrected chi connectivity index (χ0v) is 10.8. The van der Waals surface area contributed by atoms with Gasteiger partial charge in [0, 0.05) is 19.5 Å². The maximum atomic E-state index is 11.6. The highest BCUT2D eigenvalue weighted by molar-refractivity contribution is 6.00. The van der Waals surface area contributed by atoms with Crippen LogP contribution in [0.4, 0.5) is 0 Å². The molecule has 0 spiro atoms. The van der Waals surface area contributed by atoms with E-state index in [1.807, 2.05) is 4.90 Å². The zero-order valence-electron chi connectivity index (χ0n) is 10.8. The predicted octanol–water partition coefficient (Wildman–Crippen LogP) is 2.39. The van der Waals surface area contributed by atoms with Crippen molar-refractivity contribution < 1.29 is 9.59 Å². The number of hydrogen-bond acceptors (Lipinski definition) is 2. The fourth-order valence-electron chi connectivity index (χ4n) is 3.15. The number of nitrogens with zero attached hydrogens (tertiary/aromatic N) is 1. The number of rotatable bonds is 3. The second-order valence-corrected chi connectivity index (χ2v) is 5.77. The third-order valence-corrected chi connectivity index (χ3v) is 4.21. The number of amides is 1. The molecule has 1 saturated heterocycles. The molecule has 2 rings (SSSR count). The average molecular weight is 237 g/mol. The summed E-state index contributed by atoms with van der Waals surface area (Å²) >= 11 is 0. The van der Waals surface area contributed by atoms with Gasteiger partial charge in [0.15, 0.2) is 0 Å². The standard InChI is InChI=1S/C14H23NO2/c1-11-3-2-4-12(9-11)5-7-15-8-6-13(16)10-14(15)17/h11-12H,2-10H2,1H3. The van der Waals surface area contributed by atoms with E-state index >= 15 is 0 Å². The van der Waals surface area contributed by atoms with E-state index in [0.717, 1.165) is 24.8 Å². The molecule has 0 N–H and O–H groups in total. The molecule has 3 heteroatoms. The smallest absolute Gasteiger partial charge is 0.230 e. The number of ketones is 1. The topological polar surface area (TPSA) is 37.4 Å². The Labute approximate surface area is 104 Å². The minimum absolute atomic E-state index is 0.0464. The van der Waals surface area contributed by atoms with Gasteiger partial charge in [0.1, 0.15) is 5.78 Å². The van der Waals surface area contributed by atoms with Crippen LogP contribution in [0.3, 0.4) is 0 Å². The normalized spacial score (nSPS) is 30.8. The summed E-state index contributed by atoms with van der Waals surface area (Å²) in [6.07, 6.45) is 7.19. The van der Waals surface area contributed by atoms with Crippen molar-refractivity contribution in [2.75, 3.05) is 13.1 Å². The maximum Gasteiger partial charge on any atom is 0.230 e. The molecule has 0 bridgehead atoms. The maximum absolute atomic E-state index is 11.6. The zero-order chi connectivity index (χ0) is 12.3. The first kappa shape index (κ1) is 12.6. The fourth-order valence-corrected chi connectivity index (χ4v) is 3.15. The van der Waals surface area contributed by atoms with Gasteiger partial charge in [-0.2, -0.15) is 0 Å². The first-order chi connectivity index (χ1) is 8.15. The second-order valence-electron chi connectivity index (χ2n) is 5.77. The Hall–Kier alpha value is -0.860. The Morgan fingerprint density at radius 2 is 2.12 bits per heavy atom. The van der Waals surface area contributed by atoms with E-state index in [2.05, 4.69) is 6.92 Å². The van der Waals surface area contributed by atoms with Crippen molar-refractivity contribution in [1.82, 2.24) is 4.90 Å². The summed E-state index contributed by atoms with van der Waals surface area (Å²) in [6, 6.07) is 0. The molecule has 0 radical (unpaired) electrons. The lowest BCUT2D eigenvalue weighted by Crippen LogP contribution is -2.40. The molecular formula is C14H23NO2. The molecule has 0 aromatic carbocycles. The summed E-state index contributed by atoms with van der Waals surface area (Å²) in [5.74, 6) is 1.80. The predicted molar refractivity (Wildman–Crippen MR) is 66.6 cm³/mol. The number of hydrogen-bond donors (Lipinski definition) is 0. The highest BCUT2D eigenvalue weighted by Crippen LogP contribution is 2.30. The molecule has 1 heterocycles. The Morgan fingerprint density at radius 3 is 2.82 bits per heavy atom. The molecule has 2 unspecified atom stereocenters. The van der Waals surface area contributed by atoms with Crippen LogP contribution in [0.5, 0.6) is 0 Å². The first-order valence-electron chi connectivity index (χ1n) is 6.94. The molecule has 17 heavy (non-hydrogen) atoms. The molecule has 1 amide bonds. The van der Waals surface area contributed by atoms with Crippen LogP contribution in [-0.4, -0.2) is 29.7 Å². The van der Waals surface area contributed by atoms with Gasteiger partial charge < -0.3 is 4.90 Å². The lowest BCUT2D eigenvalue weighted by Gasteiger charge is -2.31. The van der Waals surface area contributed by atoms with Gasteiger partial charge in [0.2, 0.25) is 5.91 Å². The second kappa shape index (κ2) is 5.65. The summed E-state index contributed by atoms with van der Waals surface area (Å²) in [5, 5.41) is 0. The van der Waals surface area contributed by atoms with Crippen LogP contribution < -0.4 is 0 Å². The number of carbonyl (C=O) groups is 2. The van der Waals surface area contributed by atoms with Crippen molar-refractivity contribution in [3.05, 3.63) is 0 Å². The first-order valence-corrected chi connectivity index (χ1v) is 6.94. The molecule has 2 atom stereocenters. The third kappa shape index (κ3) is 3.55. The summed E-state index contributed by atoms with van der Waals surface area (Å²) in [5.41, 5.74) is 0. The van der Waals surface area contributed by atoms with Crippen LogP contribution >= 0.6 is 0 Å². The van der Waals surface area contributed by atoms with E-state index in [-0.39, 0.29) is 18.1 Å². The van der Waals surface area contributed by atoms with E-state index in [1.165, 1.54) is 25.7 Å². The van der Waals surface area contributed by atoms with Gasteiger partial charge in [-0.15, -0.1) is 0 Å². The van der Waals surface area contributed by atoms with E-state index < -0.39 is 0 Å². The van der Waals surface area contributed by atoms with Gasteiger partial charge in [-0.1, -0.05) is 26.2 Å². The van der Waals surface area contributed by atoms with Crippen LogP contribution in [-0.2, 0) is 9.59 Å². The monoisotopic (exact) mass is 237 g/mol. The number of Topliss-reactive ketones (excluding diaryl/α,β-unsaturated/α-hetero) is 1. The molecule has 1 saturated carbocycles. The lowest BCUT2D eigenvalue weighted by atomic mass is 9.81. The quantitative estimate of drug-likeness (QED) is 0.707. The molecule has 0 aromatic rings. The van der Waals surface area contributed by atoms with E-state index in [9.17, 15) is 9.59 Å². The highest BCUT2D eigenvalue weighted by Gasteiger charge is 2.25. The van der Waals surface area contributed by atoms with Crippen LogP contribution in [0, 0.1) is 11.8 Å². The number of piperidine rings is 1. The molecule has 96 valence electrons. The largest absolute Gasteiger partial charge is 0.342 e. The Bertz CT molecular complexity index is 301. The van der Waals surface area contributed by atoms with Crippen molar-refractivity contribution in [3.63, 3.8) is 0 Å². The molecule has 3 nitrogen and oxygen atoms in total. The van der Waals surface area contributed by atoms with Crippen molar-refractivity contribution in [1.29, 1.82) is 0 Å². The lowest BCUT2D eigenvalue weighted by molar-refractivity contribution is -0.139. The van der Waals surface area contributed by atoms with E-state index in [0.29, 0.717) is 13.0 Å². The summed E-state index contributed by atoms with van der Waals surface area (Å²) in [6.45, 7) is 3.85. The van der Waals surface area contributed by atoms with E-state index in [1.54, 1.807) is 0 Å². The van der Waals surface area contributed by atoms with Crippen LogP contribution in [0.15, 0.2) is 0 Å².